The molecule has 1 aliphatic heterocycles. The number of carbonyl (C=O) groups excluding carboxylic acids is 1. The third-order valence-electron chi connectivity index (χ3n) is 3.40. The number of carbonyl (C=O) groups is 1. The second-order valence-electron chi connectivity index (χ2n) is 6.26. The normalized spacial score (nSPS) is 24.4. The van der Waals surface area contributed by atoms with Crippen LogP contribution in [-0.2, 0) is 4.74 Å². The van der Waals surface area contributed by atoms with Crippen molar-refractivity contribution in [3.8, 4) is 0 Å². The lowest BCUT2D eigenvalue weighted by Gasteiger charge is -2.40. The van der Waals surface area contributed by atoms with Gasteiger partial charge in [-0.2, -0.15) is 0 Å². The molecule has 112 valence electrons. The number of nitrogens with zero attached hydrogens (tertiary/aromatic N) is 1. The maximum Gasteiger partial charge on any atom is 0.410 e. The van der Waals surface area contributed by atoms with Crippen LogP contribution in [-0.4, -0.2) is 48.3 Å². The number of rotatable bonds is 4. The van der Waals surface area contributed by atoms with Crippen molar-refractivity contribution in [2.75, 3.05) is 19.6 Å². The Morgan fingerprint density at radius 1 is 1.47 bits per heavy atom. The quantitative estimate of drug-likeness (QED) is 0.764. The molecule has 0 radical (unpaired) electrons. The SMILES string of the molecule is CC1C(NCCCN)CCCN1C(=O)OC(C)(C)C. The number of amides is 1. The molecule has 1 fully saturated rings. The Morgan fingerprint density at radius 2 is 2.16 bits per heavy atom. The van der Waals surface area contributed by atoms with Gasteiger partial charge in [0.2, 0.25) is 0 Å². The molecule has 0 aromatic heterocycles. The van der Waals surface area contributed by atoms with Crippen LogP contribution in [0.25, 0.3) is 0 Å². The minimum Gasteiger partial charge on any atom is -0.444 e. The highest BCUT2D eigenvalue weighted by atomic mass is 16.6. The van der Waals surface area contributed by atoms with Gasteiger partial charge in [-0.3, -0.25) is 0 Å². The minimum absolute atomic E-state index is 0.168. The summed E-state index contributed by atoms with van der Waals surface area (Å²) >= 11 is 0. The van der Waals surface area contributed by atoms with Crippen LogP contribution < -0.4 is 11.1 Å². The van der Waals surface area contributed by atoms with Crippen LogP contribution >= 0.6 is 0 Å². The van der Waals surface area contributed by atoms with Gasteiger partial charge in [-0.1, -0.05) is 0 Å². The van der Waals surface area contributed by atoms with E-state index in [1.807, 2.05) is 25.7 Å². The predicted molar refractivity (Wildman–Crippen MR) is 77.1 cm³/mol. The molecule has 5 heteroatoms. The minimum atomic E-state index is -0.434. The Kier molecular flexibility index (Phi) is 6.07. The molecular formula is C14H29N3O2. The average molecular weight is 271 g/mol. The van der Waals surface area contributed by atoms with Gasteiger partial charge >= 0.3 is 6.09 Å². The van der Waals surface area contributed by atoms with Crippen LogP contribution in [0, 0.1) is 0 Å². The van der Waals surface area contributed by atoms with Gasteiger partial charge in [-0.25, -0.2) is 4.79 Å². The molecule has 0 aliphatic carbocycles. The zero-order valence-electron chi connectivity index (χ0n) is 12.7. The standard InChI is InChI=1S/C14H29N3O2/c1-11-12(16-9-6-8-15)7-5-10-17(11)13(18)19-14(2,3)4/h11-12,16H,5-10,15H2,1-4H3. The van der Waals surface area contributed by atoms with Crippen molar-refractivity contribution in [1.82, 2.24) is 10.2 Å². The number of hydrogen-bond donors (Lipinski definition) is 2. The molecule has 3 N–H and O–H groups in total. The largest absolute Gasteiger partial charge is 0.444 e. The lowest BCUT2D eigenvalue weighted by Crippen LogP contribution is -2.55. The number of piperidine rings is 1. The van der Waals surface area contributed by atoms with Crippen LogP contribution in [0.15, 0.2) is 0 Å². The molecule has 0 aromatic rings. The fourth-order valence-corrected chi connectivity index (χ4v) is 2.38. The summed E-state index contributed by atoms with van der Waals surface area (Å²) in [7, 11) is 0. The number of nitrogens with one attached hydrogen (secondary N) is 1. The van der Waals surface area contributed by atoms with Crippen molar-refractivity contribution in [2.45, 2.75) is 64.6 Å². The van der Waals surface area contributed by atoms with E-state index >= 15 is 0 Å². The third-order valence-corrected chi connectivity index (χ3v) is 3.40. The van der Waals surface area contributed by atoms with E-state index < -0.39 is 5.60 Å². The monoisotopic (exact) mass is 271 g/mol. The van der Waals surface area contributed by atoms with Crippen molar-refractivity contribution in [1.29, 1.82) is 0 Å². The van der Waals surface area contributed by atoms with Gasteiger partial charge < -0.3 is 20.7 Å². The van der Waals surface area contributed by atoms with Crippen molar-refractivity contribution >= 4 is 6.09 Å². The van der Waals surface area contributed by atoms with E-state index in [-0.39, 0.29) is 12.1 Å². The first kappa shape index (κ1) is 16.2. The van der Waals surface area contributed by atoms with Crippen molar-refractivity contribution in [3.05, 3.63) is 0 Å². The molecule has 0 bridgehead atoms. The van der Waals surface area contributed by atoms with Crippen LogP contribution in [0.5, 0.6) is 0 Å². The molecule has 1 saturated heterocycles. The maximum atomic E-state index is 12.2. The molecular weight excluding hydrogens is 242 g/mol. The van der Waals surface area contributed by atoms with E-state index in [9.17, 15) is 4.79 Å². The highest BCUT2D eigenvalue weighted by Crippen LogP contribution is 2.20. The van der Waals surface area contributed by atoms with E-state index in [1.165, 1.54) is 0 Å². The van der Waals surface area contributed by atoms with Crippen molar-refractivity contribution < 1.29 is 9.53 Å². The summed E-state index contributed by atoms with van der Waals surface area (Å²) in [6.07, 6.45) is 2.88. The van der Waals surface area contributed by atoms with E-state index in [0.717, 1.165) is 32.4 Å². The Balaban J connectivity index is 2.52. The summed E-state index contributed by atoms with van der Waals surface area (Å²) in [5.41, 5.74) is 5.07. The Hall–Kier alpha value is -0.810. The van der Waals surface area contributed by atoms with Crippen LogP contribution in [0.1, 0.15) is 47.0 Å². The first-order valence-corrected chi connectivity index (χ1v) is 7.28. The molecule has 1 amide bonds. The van der Waals surface area contributed by atoms with E-state index in [2.05, 4.69) is 12.2 Å². The molecule has 1 aliphatic rings. The van der Waals surface area contributed by atoms with Gasteiger partial charge in [-0.05, 0) is 60.0 Å². The van der Waals surface area contributed by atoms with E-state index in [1.54, 1.807) is 0 Å². The zero-order chi connectivity index (χ0) is 14.5. The molecule has 0 aromatic carbocycles. The van der Waals surface area contributed by atoms with Gasteiger partial charge in [0, 0.05) is 18.6 Å². The molecule has 2 unspecified atom stereocenters. The topological polar surface area (TPSA) is 67.6 Å². The Morgan fingerprint density at radius 3 is 2.74 bits per heavy atom. The number of ether oxygens (including phenoxy) is 1. The highest BCUT2D eigenvalue weighted by molar-refractivity contribution is 5.68. The van der Waals surface area contributed by atoms with E-state index in [4.69, 9.17) is 10.5 Å². The van der Waals surface area contributed by atoms with Crippen LogP contribution in [0.2, 0.25) is 0 Å². The summed E-state index contributed by atoms with van der Waals surface area (Å²) in [5.74, 6) is 0. The zero-order valence-corrected chi connectivity index (χ0v) is 12.7. The molecule has 0 spiro atoms. The fraction of sp³-hybridized carbons (Fsp3) is 0.929. The molecule has 1 rings (SSSR count). The van der Waals surface area contributed by atoms with Crippen molar-refractivity contribution in [3.63, 3.8) is 0 Å². The Labute approximate surface area is 116 Å². The summed E-state index contributed by atoms with van der Waals surface area (Å²) < 4.78 is 5.46. The number of likely N-dealkylation sites (tertiary alicyclic amines) is 1. The maximum absolute atomic E-state index is 12.2. The van der Waals surface area contributed by atoms with Crippen molar-refractivity contribution in [2.24, 2.45) is 5.73 Å². The van der Waals surface area contributed by atoms with E-state index in [0.29, 0.717) is 12.6 Å². The Bertz CT molecular complexity index is 289. The first-order valence-electron chi connectivity index (χ1n) is 7.28. The third kappa shape index (κ3) is 5.37. The van der Waals surface area contributed by atoms with Gasteiger partial charge in [0.25, 0.3) is 0 Å². The van der Waals surface area contributed by atoms with Crippen LogP contribution in [0.4, 0.5) is 4.79 Å². The highest BCUT2D eigenvalue weighted by Gasteiger charge is 2.33. The van der Waals surface area contributed by atoms with Gasteiger partial charge in [0.1, 0.15) is 5.60 Å². The smallest absolute Gasteiger partial charge is 0.410 e. The van der Waals surface area contributed by atoms with Crippen LogP contribution in [0.3, 0.4) is 0 Å². The molecule has 19 heavy (non-hydrogen) atoms. The summed E-state index contributed by atoms with van der Waals surface area (Å²) in [4.78, 5) is 14.0. The second-order valence-corrected chi connectivity index (χ2v) is 6.26. The first-order chi connectivity index (χ1) is 8.85. The predicted octanol–water partition coefficient (Wildman–Crippen LogP) is 1.71. The summed E-state index contributed by atoms with van der Waals surface area (Å²) in [6, 6.07) is 0.509. The van der Waals surface area contributed by atoms with Gasteiger partial charge in [0.15, 0.2) is 0 Å². The summed E-state index contributed by atoms with van der Waals surface area (Å²) in [5, 5.41) is 3.49. The molecule has 5 nitrogen and oxygen atoms in total. The lowest BCUT2D eigenvalue weighted by atomic mass is 9.98. The second kappa shape index (κ2) is 7.10. The molecule has 2 atom stereocenters. The number of nitrogens with two attached hydrogens (primary N) is 1. The van der Waals surface area contributed by atoms with Gasteiger partial charge in [0.05, 0.1) is 0 Å². The average Bonchev–Trinajstić information content (AvgIpc) is 2.29. The number of hydrogen-bond acceptors (Lipinski definition) is 4. The lowest BCUT2D eigenvalue weighted by molar-refractivity contribution is 0.00711. The molecule has 0 saturated carbocycles. The summed E-state index contributed by atoms with van der Waals surface area (Å²) in [6.45, 7) is 10.2. The van der Waals surface area contributed by atoms with Gasteiger partial charge in [-0.15, -0.1) is 0 Å². The molecule has 1 heterocycles. The fourth-order valence-electron chi connectivity index (χ4n) is 2.38.